The maximum Gasteiger partial charge on any atom is 0.337 e. The number of hydrogen-bond donors (Lipinski definition) is 1. The Morgan fingerprint density at radius 2 is 2.03 bits per heavy atom. The molecule has 0 aliphatic carbocycles. The second-order valence-corrected chi connectivity index (χ2v) is 7.36. The summed E-state index contributed by atoms with van der Waals surface area (Å²) in [5.41, 5.74) is 1.22. The van der Waals surface area contributed by atoms with Gasteiger partial charge in [-0.25, -0.2) is 4.79 Å². The van der Waals surface area contributed by atoms with Crippen LogP contribution in [0.5, 0.6) is 0 Å². The molecular formula is C22H29F2NO4. The molecule has 1 aromatic rings. The number of halogens is 2. The number of alkyl halides is 2. The van der Waals surface area contributed by atoms with Crippen LogP contribution in [0.4, 0.5) is 8.78 Å². The molecule has 1 amide bonds. The molecule has 2 rings (SSSR count). The zero-order valence-corrected chi connectivity index (χ0v) is 16.9. The number of carbonyl (C=O) groups excluding carboxylic acids is 2. The van der Waals surface area contributed by atoms with Gasteiger partial charge in [-0.05, 0) is 30.5 Å². The van der Waals surface area contributed by atoms with Crippen molar-refractivity contribution in [3.8, 4) is 0 Å². The topological polar surface area (TPSA) is 66.8 Å². The van der Waals surface area contributed by atoms with Gasteiger partial charge < -0.3 is 14.7 Å². The molecule has 2 atom stereocenters. The molecule has 0 radical (unpaired) electrons. The Hall–Kier alpha value is -2.28. The number of esters is 1. The first-order valence-corrected chi connectivity index (χ1v) is 10.0. The molecule has 1 heterocycles. The van der Waals surface area contributed by atoms with E-state index in [4.69, 9.17) is 0 Å². The van der Waals surface area contributed by atoms with Crippen molar-refractivity contribution in [1.29, 1.82) is 0 Å². The second-order valence-electron chi connectivity index (χ2n) is 7.36. The Balaban J connectivity index is 1.99. The molecule has 1 N–H and O–H groups in total. The summed E-state index contributed by atoms with van der Waals surface area (Å²) in [6.45, 7) is 2.20. The monoisotopic (exact) mass is 409 g/mol. The van der Waals surface area contributed by atoms with Crippen molar-refractivity contribution in [1.82, 2.24) is 4.90 Å². The maximum absolute atomic E-state index is 14.0. The van der Waals surface area contributed by atoms with Gasteiger partial charge in [0.25, 0.3) is 5.91 Å². The Morgan fingerprint density at radius 3 is 2.66 bits per heavy atom. The van der Waals surface area contributed by atoms with Crippen LogP contribution in [0.3, 0.4) is 0 Å². The highest BCUT2D eigenvalue weighted by Gasteiger charge is 2.52. The zero-order valence-electron chi connectivity index (χ0n) is 16.9. The fraction of sp³-hybridized carbons (Fsp3) is 0.545. The molecule has 5 nitrogen and oxygen atoms in total. The predicted octanol–water partition coefficient (Wildman–Crippen LogP) is 3.75. The maximum atomic E-state index is 14.0. The van der Waals surface area contributed by atoms with Gasteiger partial charge in [-0.3, -0.25) is 4.79 Å². The number of aliphatic hydroxyl groups excluding tert-OH is 1. The lowest BCUT2D eigenvalue weighted by molar-refractivity contribution is -0.148. The molecular weight excluding hydrogens is 380 g/mol. The van der Waals surface area contributed by atoms with Crippen molar-refractivity contribution in [3.63, 3.8) is 0 Å². The van der Waals surface area contributed by atoms with E-state index in [1.54, 1.807) is 24.3 Å². The van der Waals surface area contributed by atoms with Crippen molar-refractivity contribution >= 4 is 11.9 Å². The summed E-state index contributed by atoms with van der Waals surface area (Å²) >= 11 is 0. The number of aliphatic hydroxyl groups is 1. The molecule has 0 aromatic heterocycles. The summed E-state index contributed by atoms with van der Waals surface area (Å²) in [6.07, 6.45) is 5.64. The van der Waals surface area contributed by atoms with Gasteiger partial charge in [0.2, 0.25) is 0 Å². The average molecular weight is 409 g/mol. The Morgan fingerprint density at radius 1 is 1.34 bits per heavy atom. The first kappa shape index (κ1) is 23.0. The number of nitrogens with zero attached hydrogens (tertiary/aromatic N) is 1. The van der Waals surface area contributed by atoms with E-state index in [1.165, 1.54) is 24.2 Å². The van der Waals surface area contributed by atoms with Crippen LogP contribution in [0, 0.1) is 0 Å². The van der Waals surface area contributed by atoms with E-state index in [1.807, 2.05) is 0 Å². The standard InChI is InChI=1S/C22H29F2NO4/c1-3-4-5-6-19(26)12-11-18-15-22(23,24)21(28)25(18)14-13-16-7-9-17(10-8-16)20(27)29-2/h7-12,18-19,26H,3-6,13-15H2,1-2H3/b12-11+/t18?,19-/m1/s1. The number of methoxy groups -OCH3 is 1. The molecule has 7 heteroatoms. The molecule has 1 saturated heterocycles. The minimum Gasteiger partial charge on any atom is -0.465 e. The van der Waals surface area contributed by atoms with E-state index in [0.29, 0.717) is 18.4 Å². The highest BCUT2D eigenvalue weighted by atomic mass is 19.3. The van der Waals surface area contributed by atoms with Gasteiger partial charge in [0.1, 0.15) is 0 Å². The fourth-order valence-electron chi connectivity index (χ4n) is 3.39. The predicted molar refractivity (Wildman–Crippen MR) is 106 cm³/mol. The molecule has 160 valence electrons. The third-order valence-electron chi connectivity index (χ3n) is 5.11. The number of unbranched alkanes of at least 4 members (excludes halogenated alkanes) is 2. The van der Waals surface area contributed by atoms with Crippen LogP contribution in [0.25, 0.3) is 0 Å². The number of hydrogen-bond acceptors (Lipinski definition) is 4. The molecule has 1 fully saturated rings. The van der Waals surface area contributed by atoms with E-state index in [9.17, 15) is 23.5 Å². The second kappa shape index (κ2) is 10.5. The van der Waals surface area contributed by atoms with Crippen LogP contribution in [0.1, 0.15) is 54.9 Å². The molecule has 0 spiro atoms. The molecule has 0 saturated carbocycles. The number of amides is 1. The van der Waals surface area contributed by atoms with Gasteiger partial charge in [0.05, 0.1) is 24.8 Å². The van der Waals surface area contributed by atoms with E-state index in [0.717, 1.165) is 24.8 Å². The Labute approximate surface area is 170 Å². The number of carbonyl (C=O) groups is 2. The molecule has 1 unspecified atom stereocenters. The first-order chi connectivity index (χ1) is 13.8. The van der Waals surface area contributed by atoms with Gasteiger partial charge in [-0.15, -0.1) is 0 Å². The van der Waals surface area contributed by atoms with Gasteiger partial charge in [0, 0.05) is 13.0 Å². The van der Waals surface area contributed by atoms with Crippen LogP contribution in [-0.4, -0.2) is 53.6 Å². The third kappa shape index (κ3) is 6.35. The molecule has 1 aliphatic rings. The van der Waals surface area contributed by atoms with Gasteiger partial charge in [-0.1, -0.05) is 50.5 Å². The van der Waals surface area contributed by atoms with Gasteiger partial charge in [-0.2, -0.15) is 8.78 Å². The summed E-state index contributed by atoms with van der Waals surface area (Å²) < 4.78 is 32.6. The normalized spacial score (nSPS) is 19.7. The molecule has 0 bridgehead atoms. The van der Waals surface area contributed by atoms with Gasteiger partial charge >= 0.3 is 11.9 Å². The Bertz CT molecular complexity index is 718. The highest BCUT2D eigenvalue weighted by Crippen LogP contribution is 2.34. The molecule has 1 aromatic carbocycles. The number of benzene rings is 1. The smallest absolute Gasteiger partial charge is 0.337 e. The van der Waals surface area contributed by atoms with E-state index in [-0.39, 0.29) is 6.54 Å². The van der Waals surface area contributed by atoms with Crippen LogP contribution in [-0.2, 0) is 16.0 Å². The van der Waals surface area contributed by atoms with Crippen molar-refractivity contribution in [3.05, 3.63) is 47.5 Å². The minimum atomic E-state index is -3.39. The fourth-order valence-corrected chi connectivity index (χ4v) is 3.39. The minimum absolute atomic E-state index is 0.132. The third-order valence-corrected chi connectivity index (χ3v) is 5.11. The quantitative estimate of drug-likeness (QED) is 0.363. The van der Waals surface area contributed by atoms with E-state index in [2.05, 4.69) is 11.7 Å². The van der Waals surface area contributed by atoms with Crippen molar-refractivity contribution in [2.75, 3.05) is 13.7 Å². The van der Waals surface area contributed by atoms with Crippen LogP contribution in [0.15, 0.2) is 36.4 Å². The summed E-state index contributed by atoms with van der Waals surface area (Å²) in [7, 11) is 1.30. The van der Waals surface area contributed by atoms with Gasteiger partial charge in [0.15, 0.2) is 0 Å². The lowest BCUT2D eigenvalue weighted by atomic mass is 10.1. The summed E-state index contributed by atoms with van der Waals surface area (Å²) in [6, 6.07) is 5.89. The SMILES string of the molecule is CCCCC[C@@H](O)/C=C/C1CC(F)(F)C(=O)N1CCc1ccc(C(=O)OC)cc1. The molecule has 29 heavy (non-hydrogen) atoms. The van der Waals surface area contributed by atoms with Crippen LogP contribution in [0.2, 0.25) is 0 Å². The largest absolute Gasteiger partial charge is 0.465 e. The summed E-state index contributed by atoms with van der Waals surface area (Å²) in [5, 5.41) is 10.0. The zero-order chi connectivity index (χ0) is 21.4. The lowest BCUT2D eigenvalue weighted by Gasteiger charge is -2.22. The number of ether oxygens (including phenoxy) is 1. The Kier molecular flexibility index (Phi) is 8.32. The van der Waals surface area contributed by atoms with E-state index >= 15 is 0 Å². The average Bonchev–Trinajstić information content (AvgIpc) is 2.93. The van der Waals surface area contributed by atoms with Crippen molar-refractivity contribution in [2.24, 2.45) is 0 Å². The number of rotatable bonds is 10. The van der Waals surface area contributed by atoms with Crippen molar-refractivity contribution in [2.45, 2.75) is 63.5 Å². The number of likely N-dealkylation sites (tertiary alicyclic amines) is 1. The van der Waals surface area contributed by atoms with Crippen molar-refractivity contribution < 1.29 is 28.2 Å². The lowest BCUT2D eigenvalue weighted by Crippen LogP contribution is -2.37. The molecule has 1 aliphatic heterocycles. The van der Waals surface area contributed by atoms with Crippen LogP contribution >= 0.6 is 0 Å². The highest BCUT2D eigenvalue weighted by molar-refractivity contribution is 5.89. The summed E-state index contributed by atoms with van der Waals surface area (Å²) in [4.78, 5) is 24.8. The first-order valence-electron chi connectivity index (χ1n) is 10.0. The summed E-state index contributed by atoms with van der Waals surface area (Å²) in [5.74, 6) is -5.02. The van der Waals surface area contributed by atoms with Crippen LogP contribution < -0.4 is 0 Å². The van der Waals surface area contributed by atoms with E-state index < -0.39 is 36.4 Å².